The number of hydrogen-bond donors (Lipinski definition) is 1. The summed E-state index contributed by atoms with van der Waals surface area (Å²) in [6.07, 6.45) is 1.85. The van der Waals surface area contributed by atoms with E-state index in [1.165, 1.54) is 6.39 Å². The summed E-state index contributed by atoms with van der Waals surface area (Å²) in [6.45, 7) is 5.02. The molecular weight excluding hydrogens is 308 g/mol. The van der Waals surface area contributed by atoms with Crippen molar-refractivity contribution >= 4 is 5.91 Å². The SMILES string of the molecule is Cc1cccc(-c2ocnc2C(=O)N2CC3(C2)CC(C)(O)CO3)c1. The number of aryl methyl sites for hydroxylation is 1. The van der Waals surface area contributed by atoms with Crippen LogP contribution in [0, 0.1) is 6.92 Å². The summed E-state index contributed by atoms with van der Waals surface area (Å²) in [5, 5.41) is 10.1. The summed E-state index contributed by atoms with van der Waals surface area (Å²) in [5.74, 6) is 0.324. The zero-order chi connectivity index (χ0) is 16.9. The third-order valence-corrected chi connectivity index (χ3v) is 4.69. The third kappa shape index (κ3) is 2.52. The minimum atomic E-state index is -0.810. The Hall–Kier alpha value is -2.18. The van der Waals surface area contributed by atoms with Crippen molar-refractivity contribution < 1.29 is 19.1 Å². The average molecular weight is 328 g/mol. The van der Waals surface area contributed by atoms with E-state index in [1.54, 1.807) is 11.8 Å². The molecule has 1 atom stereocenters. The van der Waals surface area contributed by atoms with Gasteiger partial charge in [0.05, 0.1) is 25.3 Å². The van der Waals surface area contributed by atoms with E-state index >= 15 is 0 Å². The number of oxazole rings is 1. The number of benzene rings is 1. The maximum Gasteiger partial charge on any atom is 0.276 e. The highest BCUT2D eigenvalue weighted by Gasteiger charge is 2.55. The van der Waals surface area contributed by atoms with Crippen LogP contribution in [0.2, 0.25) is 0 Å². The molecule has 2 fully saturated rings. The molecule has 2 aromatic rings. The molecule has 1 amide bonds. The molecular formula is C18H20N2O4. The van der Waals surface area contributed by atoms with Crippen LogP contribution in [0.15, 0.2) is 35.1 Å². The van der Waals surface area contributed by atoms with Gasteiger partial charge in [-0.3, -0.25) is 4.79 Å². The van der Waals surface area contributed by atoms with Crippen LogP contribution in [0.1, 0.15) is 29.4 Å². The van der Waals surface area contributed by atoms with E-state index in [-0.39, 0.29) is 5.91 Å². The molecule has 0 saturated carbocycles. The molecule has 126 valence electrons. The summed E-state index contributed by atoms with van der Waals surface area (Å²) in [7, 11) is 0. The highest BCUT2D eigenvalue weighted by molar-refractivity contribution is 5.98. The van der Waals surface area contributed by atoms with E-state index in [0.717, 1.165) is 11.1 Å². The van der Waals surface area contributed by atoms with Gasteiger partial charge in [-0.05, 0) is 19.9 Å². The van der Waals surface area contributed by atoms with Gasteiger partial charge >= 0.3 is 0 Å². The molecule has 24 heavy (non-hydrogen) atoms. The van der Waals surface area contributed by atoms with Crippen molar-refractivity contribution in [3.8, 4) is 11.3 Å². The summed E-state index contributed by atoms with van der Waals surface area (Å²) in [5.41, 5.74) is 1.03. The van der Waals surface area contributed by atoms with Crippen LogP contribution in [0.5, 0.6) is 0 Å². The Kier molecular flexibility index (Phi) is 3.30. The van der Waals surface area contributed by atoms with Crippen molar-refractivity contribution in [2.45, 2.75) is 31.5 Å². The summed E-state index contributed by atoms with van der Waals surface area (Å²) in [6, 6.07) is 7.78. The van der Waals surface area contributed by atoms with Crippen LogP contribution in [0.3, 0.4) is 0 Å². The highest BCUT2D eigenvalue weighted by Crippen LogP contribution is 2.40. The van der Waals surface area contributed by atoms with Crippen molar-refractivity contribution in [2.75, 3.05) is 19.7 Å². The van der Waals surface area contributed by atoms with Crippen LogP contribution >= 0.6 is 0 Å². The fourth-order valence-electron chi connectivity index (χ4n) is 3.64. The van der Waals surface area contributed by atoms with Crippen LogP contribution in [0.4, 0.5) is 0 Å². The van der Waals surface area contributed by atoms with Gasteiger partial charge in [-0.1, -0.05) is 23.8 Å². The van der Waals surface area contributed by atoms with Crippen molar-refractivity contribution in [1.29, 1.82) is 0 Å². The Labute approximate surface area is 140 Å². The number of ether oxygens (including phenoxy) is 1. The molecule has 6 heteroatoms. The number of carbonyl (C=O) groups excluding carboxylic acids is 1. The lowest BCUT2D eigenvalue weighted by atomic mass is 9.85. The molecule has 2 aliphatic heterocycles. The monoisotopic (exact) mass is 328 g/mol. The van der Waals surface area contributed by atoms with Gasteiger partial charge in [-0.25, -0.2) is 4.98 Å². The first kappa shape index (κ1) is 15.4. The lowest BCUT2D eigenvalue weighted by Crippen LogP contribution is -2.63. The Bertz CT molecular complexity index is 790. The van der Waals surface area contributed by atoms with Crippen LogP contribution in [-0.2, 0) is 4.74 Å². The number of aromatic nitrogens is 1. The lowest BCUT2D eigenvalue weighted by molar-refractivity contribution is -0.0955. The maximum absolute atomic E-state index is 12.8. The van der Waals surface area contributed by atoms with Gasteiger partial charge in [-0.2, -0.15) is 0 Å². The molecule has 1 unspecified atom stereocenters. The smallest absolute Gasteiger partial charge is 0.276 e. The fraction of sp³-hybridized carbons (Fsp3) is 0.444. The first-order valence-corrected chi connectivity index (χ1v) is 8.04. The normalized spacial score (nSPS) is 25.0. The number of likely N-dealkylation sites (tertiary alicyclic amines) is 1. The number of hydrogen-bond acceptors (Lipinski definition) is 5. The topological polar surface area (TPSA) is 75.8 Å². The van der Waals surface area contributed by atoms with E-state index in [9.17, 15) is 9.90 Å². The quantitative estimate of drug-likeness (QED) is 0.913. The molecule has 0 radical (unpaired) electrons. The van der Waals surface area contributed by atoms with Crippen molar-refractivity contribution in [3.05, 3.63) is 41.9 Å². The molecule has 0 aliphatic carbocycles. The Morgan fingerprint density at radius 2 is 2.17 bits per heavy atom. The van der Waals surface area contributed by atoms with Crippen LogP contribution < -0.4 is 0 Å². The van der Waals surface area contributed by atoms with Gasteiger partial charge in [0.15, 0.2) is 17.8 Å². The van der Waals surface area contributed by atoms with Gasteiger partial charge < -0.3 is 19.2 Å². The van der Waals surface area contributed by atoms with Gasteiger partial charge in [0, 0.05) is 12.0 Å². The zero-order valence-corrected chi connectivity index (χ0v) is 13.8. The van der Waals surface area contributed by atoms with E-state index in [1.807, 2.05) is 31.2 Å². The van der Waals surface area contributed by atoms with Crippen molar-refractivity contribution in [2.24, 2.45) is 0 Å². The minimum absolute atomic E-state index is 0.166. The second-order valence-corrected chi connectivity index (χ2v) is 7.21. The van der Waals surface area contributed by atoms with Gasteiger partial charge in [0.25, 0.3) is 5.91 Å². The average Bonchev–Trinajstić information content (AvgIpc) is 3.09. The first-order chi connectivity index (χ1) is 11.4. The van der Waals surface area contributed by atoms with Crippen LogP contribution in [-0.4, -0.2) is 51.8 Å². The highest BCUT2D eigenvalue weighted by atomic mass is 16.5. The molecule has 6 nitrogen and oxygen atoms in total. The standard InChI is InChI=1S/C18H20N2O4/c1-12-4-3-5-13(6-12)15-14(19-11-23-15)16(21)20-8-18(9-20)7-17(2,22)10-24-18/h3-6,11,22H,7-10H2,1-2H3. The van der Waals surface area contributed by atoms with E-state index in [4.69, 9.17) is 9.15 Å². The summed E-state index contributed by atoms with van der Waals surface area (Å²) in [4.78, 5) is 18.6. The zero-order valence-electron chi connectivity index (χ0n) is 13.8. The third-order valence-electron chi connectivity index (χ3n) is 4.69. The number of nitrogens with zero attached hydrogens (tertiary/aromatic N) is 2. The Morgan fingerprint density at radius 3 is 2.83 bits per heavy atom. The number of carbonyl (C=O) groups is 1. The molecule has 1 aromatic heterocycles. The van der Waals surface area contributed by atoms with E-state index < -0.39 is 11.2 Å². The number of rotatable bonds is 2. The molecule has 0 bridgehead atoms. The number of aliphatic hydroxyl groups is 1. The second-order valence-electron chi connectivity index (χ2n) is 7.21. The summed E-state index contributed by atoms with van der Waals surface area (Å²) >= 11 is 0. The predicted molar refractivity (Wildman–Crippen MR) is 86.5 cm³/mol. The molecule has 3 heterocycles. The van der Waals surface area contributed by atoms with Gasteiger partial charge in [0.1, 0.15) is 5.60 Å². The fourth-order valence-corrected chi connectivity index (χ4v) is 3.64. The first-order valence-electron chi connectivity index (χ1n) is 8.04. The Morgan fingerprint density at radius 1 is 1.38 bits per heavy atom. The number of amides is 1. The summed E-state index contributed by atoms with van der Waals surface area (Å²) < 4.78 is 11.2. The van der Waals surface area contributed by atoms with E-state index in [0.29, 0.717) is 37.6 Å². The van der Waals surface area contributed by atoms with Gasteiger partial charge in [0.2, 0.25) is 0 Å². The minimum Gasteiger partial charge on any atom is -0.443 e. The second kappa shape index (κ2) is 5.16. The molecule has 4 rings (SSSR count). The molecule has 1 spiro atoms. The van der Waals surface area contributed by atoms with Gasteiger partial charge in [-0.15, -0.1) is 0 Å². The van der Waals surface area contributed by atoms with Crippen LogP contribution in [0.25, 0.3) is 11.3 Å². The largest absolute Gasteiger partial charge is 0.443 e. The maximum atomic E-state index is 12.8. The lowest BCUT2D eigenvalue weighted by Gasteiger charge is -2.46. The molecule has 1 aromatic carbocycles. The molecule has 2 aliphatic rings. The Balaban J connectivity index is 1.52. The molecule has 1 N–H and O–H groups in total. The van der Waals surface area contributed by atoms with Crippen molar-refractivity contribution in [3.63, 3.8) is 0 Å². The molecule has 2 saturated heterocycles. The van der Waals surface area contributed by atoms with E-state index in [2.05, 4.69) is 4.98 Å². The predicted octanol–water partition coefficient (Wildman–Crippen LogP) is 2.02. The van der Waals surface area contributed by atoms with Crippen molar-refractivity contribution in [1.82, 2.24) is 9.88 Å².